The second kappa shape index (κ2) is 6.42. The van der Waals surface area contributed by atoms with Gasteiger partial charge in [-0.3, -0.25) is 14.2 Å². The third kappa shape index (κ3) is 2.74. The number of fused-ring (bicyclic) bond motifs is 1. The highest BCUT2D eigenvalue weighted by Crippen LogP contribution is 2.30. The van der Waals surface area contributed by atoms with Gasteiger partial charge in [-0.1, -0.05) is 26.7 Å². The average Bonchev–Trinajstić information content (AvgIpc) is 2.89. The largest absolute Gasteiger partial charge is 0.442 e. The van der Waals surface area contributed by atoms with Crippen LogP contribution in [0.15, 0.2) is 15.5 Å². The van der Waals surface area contributed by atoms with Crippen LogP contribution in [0.3, 0.4) is 0 Å². The number of rotatable bonds is 3. The van der Waals surface area contributed by atoms with Gasteiger partial charge in [-0.15, -0.1) is 0 Å². The molecule has 1 aliphatic carbocycles. The Morgan fingerprint density at radius 1 is 1.42 bits per heavy atom. The van der Waals surface area contributed by atoms with Crippen molar-refractivity contribution in [3.05, 3.63) is 28.0 Å². The van der Waals surface area contributed by atoms with Gasteiger partial charge in [0, 0.05) is 12.6 Å². The van der Waals surface area contributed by atoms with Gasteiger partial charge >= 0.3 is 0 Å². The lowest BCUT2D eigenvalue weighted by atomic mass is 9.78. The van der Waals surface area contributed by atoms with E-state index in [2.05, 4.69) is 24.1 Å². The van der Waals surface area contributed by atoms with Crippen LogP contribution in [0.1, 0.15) is 56.2 Å². The molecule has 3 atom stereocenters. The number of nitrogens with zero attached hydrogens (tertiary/aromatic N) is 2. The van der Waals surface area contributed by atoms with Crippen LogP contribution in [0, 0.1) is 18.8 Å². The topological polar surface area (TPSA) is 77.1 Å². The molecule has 0 radical (unpaired) electrons. The van der Waals surface area contributed by atoms with Crippen molar-refractivity contribution in [2.24, 2.45) is 11.8 Å². The molecule has 1 N–H and O–H groups in total. The number of aromatic nitrogens is 2. The number of furan rings is 1. The first-order valence-corrected chi connectivity index (χ1v) is 8.73. The molecule has 0 bridgehead atoms. The molecular formula is C18H25N3O3. The Balaban J connectivity index is 1.98. The minimum atomic E-state index is -0.232. The van der Waals surface area contributed by atoms with Gasteiger partial charge in [-0.25, -0.2) is 4.98 Å². The van der Waals surface area contributed by atoms with Crippen LogP contribution in [0.5, 0.6) is 0 Å². The van der Waals surface area contributed by atoms with Crippen molar-refractivity contribution in [1.82, 2.24) is 14.9 Å². The zero-order valence-electron chi connectivity index (χ0n) is 14.8. The third-order valence-electron chi connectivity index (χ3n) is 5.45. The number of hydrogen-bond donors (Lipinski definition) is 1. The molecule has 2 aromatic rings. The smallest absolute Gasteiger partial charge is 0.265 e. The van der Waals surface area contributed by atoms with E-state index in [9.17, 15) is 9.59 Å². The molecule has 1 amide bonds. The minimum Gasteiger partial charge on any atom is -0.442 e. The van der Waals surface area contributed by atoms with E-state index in [1.54, 1.807) is 6.92 Å². The van der Waals surface area contributed by atoms with Crippen LogP contribution >= 0.6 is 0 Å². The monoisotopic (exact) mass is 331 g/mol. The van der Waals surface area contributed by atoms with E-state index in [0.717, 1.165) is 12.8 Å². The number of carbonyl (C=O) groups is 1. The molecule has 0 aliphatic heterocycles. The van der Waals surface area contributed by atoms with Gasteiger partial charge in [0.1, 0.15) is 17.5 Å². The molecule has 6 heteroatoms. The molecule has 3 rings (SSSR count). The summed E-state index contributed by atoms with van der Waals surface area (Å²) in [5.74, 6) is 1.22. The van der Waals surface area contributed by atoms with Crippen LogP contribution in [-0.2, 0) is 6.54 Å². The molecule has 6 nitrogen and oxygen atoms in total. The van der Waals surface area contributed by atoms with Crippen molar-refractivity contribution < 1.29 is 9.21 Å². The summed E-state index contributed by atoms with van der Waals surface area (Å²) in [6.45, 7) is 8.49. The molecule has 0 spiro atoms. The van der Waals surface area contributed by atoms with E-state index in [4.69, 9.17) is 4.42 Å². The Hall–Kier alpha value is -2.11. The Labute approximate surface area is 141 Å². The number of hydrogen-bond acceptors (Lipinski definition) is 4. The minimum absolute atomic E-state index is 0.135. The zero-order valence-corrected chi connectivity index (χ0v) is 14.8. The van der Waals surface area contributed by atoms with Crippen molar-refractivity contribution in [3.63, 3.8) is 0 Å². The molecule has 1 fully saturated rings. The number of amides is 1. The van der Waals surface area contributed by atoms with E-state index in [-0.39, 0.29) is 28.6 Å². The van der Waals surface area contributed by atoms with Gasteiger partial charge < -0.3 is 9.73 Å². The number of carbonyl (C=O) groups excluding carboxylic acids is 1. The van der Waals surface area contributed by atoms with E-state index < -0.39 is 0 Å². The van der Waals surface area contributed by atoms with Gasteiger partial charge in [-0.05, 0) is 32.1 Å². The van der Waals surface area contributed by atoms with Crippen molar-refractivity contribution in [2.75, 3.05) is 0 Å². The fourth-order valence-corrected chi connectivity index (χ4v) is 3.66. The highest BCUT2D eigenvalue weighted by atomic mass is 16.3. The highest BCUT2D eigenvalue weighted by molar-refractivity contribution is 6.06. The molecule has 0 aromatic carbocycles. The fourth-order valence-electron chi connectivity index (χ4n) is 3.66. The van der Waals surface area contributed by atoms with E-state index in [0.29, 0.717) is 29.7 Å². The lowest BCUT2D eigenvalue weighted by molar-refractivity contribution is 0.0891. The standard InChI is InChI=1S/C18H25N3O3/c1-5-21-9-19-17-15(18(21)23)14(12(4)24-17)16(22)20-13-8-6-7-10(2)11(13)3/h9-11,13H,5-8H2,1-4H3,(H,20,22). The van der Waals surface area contributed by atoms with Crippen LogP contribution < -0.4 is 10.9 Å². The van der Waals surface area contributed by atoms with Crippen LogP contribution in [0.4, 0.5) is 0 Å². The van der Waals surface area contributed by atoms with E-state index in [1.165, 1.54) is 17.3 Å². The van der Waals surface area contributed by atoms with Gasteiger partial charge in [0.2, 0.25) is 5.71 Å². The summed E-state index contributed by atoms with van der Waals surface area (Å²) >= 11 is 0. The summed E-state index contributed by atoms with van der Waals surface area (Å²) in [7, 11) is 0. The van der Waals surface area contributed by atoms with Gasteiger partial charge in [0.15, 0.2) is 0 Å². The summed E-state index contributed by atoms with van der Waals surface area (Å²) in [5.41, 5.74) is 0.336. The normalized spacial score (nSPS) is 24.2. The molecule has 0 saturated heterocycles. The van der Waals surface area contributed by atoms with Gasteiger partial charge in [0.25, 0.3) is 11.5 Å². The van der Waals surface area contributed by atoms with E-state index >= 15 is 0 Å². The zero-order chi connectivity index (χ0) is 17.4. The van der Waals surface area contributed by atoms with Crippen molar-refractivity contribution in [1.29, 1.82) is 0 Å². The predicted molar refractivity (Wildman–Crippen MR) is 92.1 cm³/mol. The SMILES string of the molecule is CCn1cnc2oc(C)c(C(=O)NC3CCCC(C)C3C)c2c1=O. The van der Waals surface area contributed by atoms with Crippen molar-refractivity contribution >= 4 is 17.0 Å². The number of nitrogens with one attached hydrogen (secondary N) is 1. The Kier molecular flexibility index (Phi) is 4.47. The molecule has 2 aromatic heterocycles. The average molecular weight is 331 g/mol. The van der Waals surface area contributed by atoms with Gasteiger partial charge in [-0.2, -0.15) is 0 Å². The van der Waals surface area contributed by atoms with Crippen LogP contribution in [0.25, 0.3) is 11.1 Å². The molecular weight excluding hydrogens is 306 g/mol. The van der Waals surface area contributed by atoms with Crippen molar-refractivity contribution in [2.45, 2.75) is 59.5 Å². The van der Waals surface area contributed by atoms with Crippen LogP contribution in [-0.4, -0.2) is 21.5 Å². The first-order chi connectivity index (χ1) is 11.4. The Morgan fingerprint density at radius 3 is 2.88 bits per heavy atom. The van der Waals surface area contributed by atoms with E-state index in [1.807, 2.05) is 6.92 Å². The lowest BCUT2D eigenvalue weighted by Gasteiger charge is -2.34. The maximum Gasteiger partial charge on any atom is 0.265 e. The summed E-state index contributed by atoms with van der Waals surface area (Å²) in [5, 5.41) is 3.41. The molecule has 130 valence electrons. The molecule has 24 heavy (non-hydrogen) atoms. The second-order valence-corrected chi connectivity index (χ2v) is 6.90. The quantitative estimate of drug-likeness (QED) is 0.938. The molecule has 3 unspecified atom stereocenters. The third-order valence-corrected chi connectivity index (χ3v) is 5.45. The number of aryl methyl sites for hydroxylation is 2. The summed E-state index contributed by atoms with van der Waals surface area (Å²) < 4.78 is 7.04. The Morgan fingerprint density at radius 2 is 2.17 bits per heavy atom. The fraction of sp³-hybridized carbons (Fsp3) is 0.611. The van der Waals surface area contributed by atoms with Crippen LogP contribution in [0.2, 0.25) is 0 Å². The molecule has 2 heterocycles. The first kappa shape index (κ1) is 16.7. The second-order valence-electron chi connectivity index (χ2n) is 6.90. The van der Waals surface area contributed by atoms with Crippen molar-refractivity contribution in [3.8, 4) is 0 Å². The summed E-state index contributed by atoms with van der Waals surface area (Å²) in [4.78, 5) is 29.6. The molecule has 1 aliphatic rings. The predicted octanol–water partition coefficient (Wildman–Crippen LogP) is 2.87. The first-order valence-electron chi connectivity index (χ1n) is 8.73. The highest BCUT2D eigenvalue weighted by Gasteiger charge is 2.30. The summed E-state index contributed by atoms with van der Waals surface area (Å²) in [6, 6.07) is 0.135. The lowest BCUT2D eigenvalue weighted by Crippen LogP contribution is -2.44. The van der Waals surface area contributed by atoms with Gasteiger partial charge in [0.05, 0.1) is 5.56 Å². The maximum absolute atomic E-state index is 12.9. The maximum atomic E-state index is 12.9. The summed E-state index contributed by atoms with van der Waals surface area (Å²) in [6.07, 6.45) is 4.75. The Bertz CT molecular complexity index is 821. The molecule has 1 saturated carbocycles.